The van der Waals surface area contributed by atoms with E-state index in [2.05, 4.69) is 10.6 Å². The number of nitrogens with zero attached hydrogens (tertiary/aromatic N) is 2. The van der Waals surface area contributed by atoms with Crippen molar-refractivity contribution in [3.8, 4) is 0 Å². The molecular weight excluding hydrogens is 426 g/mol. The molecule has 0 aliphatic heterocycles. The Morgan fingerprint density at radius 3 is 2.24 bits per heavy atom. The summed E-state index contributed by atoms with van der Waals surface area (Å²) < 4.78 is 26.9. The van der Waals surface area contributed by atoms with E-state index in [0.29, 0.717) is 24.8 Å². The first kappa shape index (κ1) is 26.1. The molecule has 180 valence electrons. The van der Waals surface area contributed by atoms with Gasteiger partial charge in [0.25, 0.3) is 0 Å². The Hall–Kier alpha value is -3.16. The van der Waals surface area contributed by atoms with Crippen LogP contribution in [0.1, 0.15) is 45.6 Å². The van der Waals surface area contributed by atoms with E-state index < -0.39 is 17.7 Å². The highest BCUT2D eigenvalue weighted by molar-refractivity contribution is 6.00. The summed E-state index contributed by atoms with van der Waals surface area (Å²) >= 11 is 0. The van der Waals surface area contributed by atoms with E-state index in [4.69, 9.17) is 0 Å². The fourth-order valence-electron chi connectivity index (χ4n) is 3.74. The van der Waals surface area contributed by atoms with Crippen LogP contribution in [0, 0.1) is 17.6 Å². The molecule has 0 saturated carbocycles. The van der Waals surface area contributed by atoms with Crippen molar-refractivity contribution in [2.45, 2.75) is 46.6 Å². The highest BCUT2D eigenvalue weighted by atomic mass is 19.1. The van der Waals surface area contributed by atoms with E-state index in [1.165, 1.54) is 0 Å². The molecule has 0 aromatic heterocycles. The zero-order valence-corrected chi connectivity index (χ0v) is 20.0. The molecule has 0 atom stereocenters. The molecule has 8 heteroatoms. The molecule has 0 aliphatic rings. The van der Waals surface area contributed by atoms with E-state index in [-0.39, 0.29) is 17.5 Å². The Balaban J connectivity index is 2.25. The summed E-state index contributed by atoms with van der Waals surface area (Å²) in [6, 6.07) is 7.72. The molecule has 0 bridgehead atoms. The van der Waals surface area contributed by atoms with Crippen LogP contribution in [0.4, 0.5) is 30.6 Å². The number of nitrogens with one attached hydrogen (secondary N) is 2. The largest absolute Gasteiger partial charge is 0.377 e. The van der Waals surface area contributed by atoms with Gasteiger partial charge in [-0.05, 0) is 55.2 Å². The molecule has 2 aromatic rings. The monoisotopic (exact) mass is 460 g/mol. The second kappa shape index (κ2) is 12.2. The predicted octanol–water partition coefficient (Wildman–Crippen LogP) is 5.85. The quantitative estimate of drug-likeness (QED) is 0.467. The normalized spacial score (nSPS) is 10.8. The van der Waals surface area contributed by atoms with Crippen LogP contribution < -0.4 is 15.5 Å². The highest BCUT2D eigenvalue weighted by Gasteiger charge is 2.22. The maximum atomic E-state index is 13.8. The van der Waals surface area contributed by atoms with Crippen LogP contribution in [-0.4, -0.2) is 37.5 Å². The smallest absolute Gasteiger partial charge is 0.323 e. The number of anilines is 3. The Morgan fingerprint density at radius 1 is 0.970 bits per heavy atom. The van der Waals surface area contributed by atoms with E-state index in [1.54, 1.807) is 6.07 Å². The Labute approximate surface area is 195 Å². The summed E-state index contributed by atoms with van der Waals surface area (Å²) in [5.74, 6) is -1.46. The van der Waals surface area contributed by atoms with Gasteiger partial charge in [-0.15, -0.1) is 0 Å². The van der Waals surface area contributed by atoms with Gasteiger partial charge in [0.1, 0.15) is 11.6 Å². The summed E-state index contributed by atoms with van der Waals surface area (Å²) in [5, 5.41) is 5.07. The zero-order valence-electron chi connectivity index (χ0n) is 20.0. The number of carbonyl (C=O) groups excluding carboxylic acids is 2. The molecule has 33 heavy (non-hydrogen) atoms. The standard InChI is InChI=1S/C25H34F2N4O2/c1-6-13-31(24(32)17(7-2)8-3)16-18-14-20(10-12-23(18)30(4)5)28-25(33)29-22-11-9-19(26)15-21(22)27/h9-12,14-15,17H,6-8,13,16H2,1-5H3,(H2,28,29,33). The lowest BCUT2D eigenvalue weighted by Gasteiger charge is -2.28. The number of benzene rings is 2. The number of urea groups is 1. The molecule has 6 nitrogen and oxygen atoms in total. The molecule has 0 radical (unpaired) electrons. The van der Waals surface area contributed by atoms with Crippen LogP contribution in [0.25, 0.3) is 0 Å². The lowest BCUT2D eigenvalue weighted by molar-refractivity contribution is -0.136. The van der Waals surface area contributed by atoms with Crippen molar-refractivity contribution < 1.29 is 18.4 Å². The maximum absolute atomic E-state index is 13.8. The van der Waals surface area contributed by atoms with Crippen molar-refractivity contribution in [1.82, 2.24) is 4.90 Å². The summed E-state index contributed by atoms with van der Waals surface area (Å²) in [7, 11) is 3.84. The van der Waals surface area contributed by atoms with E-state index in [1.807, 2.05) is 56.8 Å². The predicted molar refractivity (Wildman–Crippen MR) is 130 cm³/mol. The molecular formula is C25H34F2N4O2. The molecule has 0 fully saturated rings. The number of carbonyl (C=O) groups is 2. The van der Waals surface area contributed by atoms with Crippen molar-refractivity contribution >= 4 is 29.0 Å². The summed E-state index contributed by atoms with van der Waals surface area (Å²) in [5.41, 5.74) is 2.20. The average Bonchev–Trinajstić information content (AvgIpc) is 2.76. The van der Waals surface area contributed by atoms with Crippen molar-refractivity contribution in [2.75, 3.05) is 36.2 Å². The number of hydrogen-bond donors (Lipinski definition) is 2. The van der Waals surface area contributed by atoms with Crippen LogP contribution in [0.2, 0.25) is 0 Å². The number of halogens is 2. The minimum atomic E-state index is -0.857. The molecule has 0 unspecified atom stereocenters. The van der Waals surface area contributed by atoms with Gasteiger partial charge >= 0.3 is 6.03 Å². The zero-order chi connectivity index (χ0) is 24.5. The molecule has 0 saturated heterocycles. The molecule has 2 aromatic carbocycles. The van der Waals surface area contributed by atoms with Crippen LogP contribution in [0.5, 0.6) is 0 Å². The fraction of sp³-hybridized carbons (Fsp3) is 0.440. The van der Waals surface area contributed by atoms with Crippen molar-refractivity contribution in [3.63, 3.8) is 0 Å². The van der Waals surface area contributed by atoms with E-state index in [9.17, 15) is 18.4 Å². The minimum Gasteiger partial charge on any atom is -0.377 e. The molecule has 0 heterocycles. The molecule has 2 N–H and O–H groups in total. The lowest BCUT2D eigenvalue weighted by atomic mass is 10.0. The molecule has 0 spiro atoms. The minimum absolute atomic E-state index is 0.0166. The fourth-order valence-corrected chi connectivity index (χ4v) is 3.74. The van der Waals surface area contributed by atoms with Gasteiger partial charge in [-0.2, -0.15) is 0 Å². The first-order valence-electron chi connectivity index (χ1n) is 11.3. The maximum Gasteiger partial charge on any atom is 0.323 e. The van der Waals surface area contributed by atoms with Gasteiger partial charge in [-0.3, -0.25) is 4.79 Å². The second-order valence-corrected chi connectivity index (χ2v) is 8.21. The third-order valence-corrected chi connectivity index (χ3v) is 5.50. The van der Waals surface area contributed by atoms with Gasteiger partial charge in [0.15, 0.2) is 0 Å². The topological polar surface area (TPSA) is 64.7 Å². The van der Waals surface area contributed by atoms with Gasteiger partial charge in [0, 0.05) is 50.5 Å². The third kappa shape index (κ3) is 7.17. The van der Waals surface area contributed by atoms with Crippen LogP contribution in [0.3, 0.4) is 0 Å². The first-order chi connectivity index (χ1) is 15.7. The van der Waals surface area contributed by atoms with Crippen LogP contribution in [0.15, 0.2) is 36.4 Å². The van der Waals surface area contributed by atoms with Gasteiger partial charge in [0.2, 0.25) is 5.91 Å². The van der Waals surface area contributed by atoms with Gasteiger partial charge in [-0.1, -0.05) is 20.8 Å². The number of amides is 3. The molecule has 3 amide bonds. The van der Waals surface area contributed by atoms with Gasteiger partial charge in [0.05, 0.1) is 5.69 Å². The third-order valence-electron chi connectivity index (χ3n) is 5.50. The molecule has 2 rings (SSSR count). The molecule has 0 aliphatic carbocycles. The Kier molecular flexibility index (Phi) is 9.63. The Bertz CT molecular complexity index is 961. The van der Waals surface area contributed by atoms with Crippen molar-refractivity contribution in [1.29, 1.82) is 0 Å². The van der Waals surface area contributed by atoms with Crippen molar-refractivity contribution in [2.24, 2.45) is 5.92 Å². The van der Waals surface area contributed by atoms with Crippen LogP contribution in [-0.2, 0) is 11.3 Å². The Morgan fingerprint density at radius 2 is 1.67 bits per heavy atom. The lowest BCUT2D eigenvalue weighted by Crippen LogP contribution is -2.36. The van der Waals surface area contributed by atoms with Gasteiger partial charge < -0.3 is 20.4 Å². The number of rotatable bonds is 10. The first-order valence-corrected chi connectivity index (χ1v) is 11.3. The second-order valence-electron chi connectivity index (χ2n) is 8.21. The van der Waals surface area contributed by atoms with E-state index in [0.717, 1.165) is 42.6 Å². The average molecular weight is 461 g/mol. The van der Waals surface area contributed by atoms with Crippen molar-refractivity contribution in [3.05, 3.63) is 53.6 Å². The summed E-state index contributed by atoms with van der Waals surface area (Å²) in [4.78, 5) is 29.3. The summed E-state index contributed by atoms with van der Waals surface area (Å²) in [6.45, 7) is 7.14. The summed E-state index contributed by atoms with van der Waals surface area (Å²) in [6.07, 6.45) is 2.42. The van der Waals surface area contributed by atoms with Gasteiger partial charge in [-0.25, -0.2) is 13.6 Å². The highest BCUT2D eigenvalue weighted by Crippen LogP contribution is 2.26. The van der Waals surface area contributed by atoms with Crippen LogP contribution >= 0.6 is 0 Å². The van der Waals surface area contributed by atoms with E-state index >= 15 is 0 Å². The SMILES string of the molecule is CCCN(Cc1cc(NC(=O)Nc2ccc(F)cc2F)ccc1N(C)C)C(=O)C(CC)CC. The number of hydrogen-bond acceptors (Lipinski definition) is 3.